The van der Waals surface area contributed by atoms with E-state index in [0.717, 1.165) is 70.3 Å². The number of pyridine rings is 1. The normalized spacial score (nSPS) is 15.3. The summed E-state index contributed by atoms with van der Waals surface area (Å²) in [7, 11) is 4.99. The van der Waals surface area contributed by atoms with Gasteiger partial charge in [0, 0.05) is 39.1 Å². The number of nitrogens with zero attached hydrogens (tertiary/aromatic N) is 4. The molecule has 8 rings (SSSR count). The molecule has 6 aromatic rings. The van der Waals surface area contributed by atoms with Gasteiger partial charge in [-0.05, 0) is 77.3 Å². The number of hydrogen-bond donors (Lipinski definition) is 4. The van der Waals surface area contributed by atoms with E-state index in [-0.39, 0.29) is 23.6 Å². The highest BCUT2D eigenvalue weighted by atomic mass is 16.2. The fourth-order valence-electron chi connectivity index (χ4n) is 7.33. The molecule has 4 N–H and O–H groups in total. The molecular formula is C46H46N8O4. The van der Waals surface area contributed by atoms with Gasteiger partial charge in [0.2, 0.25) is 23.6 Å². The Hall–Kier alpha value is -6.95. The van der Waals surface area contributed by atoms with Crippen LogP contribution in [0.3, 0.4) is 0 Å². The fourth-order valence-corrected chi connectivity index (χ4v) is 7.33. The van der Waals surface area contributed by atoms with Gasteiger partial charge >= 0.3 is 0 Å². The van der Waals surface area contributed by atoms with Gasteiger partial charge in [0.05, 0.1) is 22.7 Å². The number of benzene rings is 4. The van der Waals surface area contributed by atoms with Crippen LogP contribution in [0.4, 0.5) is 0 Å². The molecule has 12 heteroatoms. The van der Waals surface area contributed by atoms with Gasteiger partial charge in [-0.3, -0.25) is 24.2 Å². The summed E-state index contributed by atoms with van der Waals surface area (Å²) >= 11 is 0. The zero-order chi connectivity index (χ0) is 40.7. The number of carbonyl (C=O) groups excluding carboxylic acids is 4. The number of nitrogens with one attached hydrogen (secondary N) is 4. The van der Waals surface area contributed by atoms with Crippen LogP contribution in [0.15, 0.2) is 140 Å². The Morgan fingerprint density at radius 2 is 1.05 bits per heavy atom. The molecule has 294 valence electrons. The lowest BCUT2D eigenvalue weighted by Gasteiger charge is -2.22. The third kappa shape index (κ3) is 8.27. The quantitative estimate of drug-likeness (QED) is 0.128. The highest BCUT2D eigenvalue weighted by molar-refractivity contribution is 5.97. The molecule has 2 fully saturated rings. The summed E-state index contributed by atoms with van der Waals surface area (Å²) in [5.74, 6) is -0.710. The van der Waals surface area contributed by atoms with Gasteiger partial charge in [0.1, 0.15) is 12.1 Å². The maximum Gasteiger partial charge on any atom is 0.246 e. The molecule has 0 aliphatic heterocycles. The van der Waals surface area contributed by atoms with Crippen molar-refractivity contribution in [1.29, 1.82) is 0 Å². The summed E-state index contributed by atoms with van der Waals surface area (Å²) in [6.45, 7) is 0. The van der Waals surface area contributed by atoms with Gasteiger partial charge in [-0.2, -0.15) is 0 Å². The van der Waals surface area contributed by atoms with E-state index >= 15 is 0 Å². The second-order valence-corrected chi connectivity index (χ2v) is 14.7. The standard InChI is InChI=1S/C24H23N3O2.C22H23N5O2/c1-25-22(28)21(18-6-3-2-4-7-18)27-23(29)24(12-13-24)20-9-5-8-19(16-20)17-10-14-26-15-11-17;1-23-20(28)19(15-7-4-3-5-8-15)25-21(29)22(11-12-22)17-10-6-9-16(13-17)18-14-24-26-27(18)2/h2-11,14-16,21H,12-13H2,1H3,(H,25,28)(H,27,29);3-10,13-14,19H,11-12H2,1-2H3,(H,23,28)(H,25,29). The average Bonchev–Trinajstić information content (AvgIpc) is 4.22. The molecule has 0 radical (unpaired) electrons. The van der Waals surface area contributed by atoms with Crippen LogP contribution in [0, 0.1) is 0 Å². The molecule has 2 aliphatic carbocycles. The van der Waals surface area contributed by atoms with Crippen LogP contribution in [0.2, 0.25) is 0 Å². The SMILES string of the molecule is CNC(=O)C(NC(=O)C1(c2cccc(-c3ccncc3)c2)CC1)c1ccccc1.CNC(=O)C(NC(=O)C1(c2cccc(-c3cnnn3C)c2)CC1)c1ccccc1. The van der Waals surface area contributed by atoms with Crippen molar-refractivity contribution in [2.45, 2.75) is 48.6 Å². The van der Waals surface area contributed by atoms with Crippen LogP contribution < -0.4 is 21.3 Å². The van der Waals surface area contributed by atoms with Crippen molar-refractivity contribution in [3.63, 3.8) is 0 Å². The first-order chi connectivity index (χ1) is 28.2. The molecule has 4 aromatic carbocycles. The summed E-state index contributed by atoms with van der Waals surface area (Å²) in [4.78, 5) is 55.5. The van der Waals surface area contributed by atoms with Crippen LogP contribution in [0.25, 0.3) is 22.4 Å². The Kier molecular flexibility index (Phi) is 11.5. The summed E-state index contributed by atoms with van der Waals surface area (Å²) in [5.41, 5.74) is 6.21. The molecule has 2 atom stereocenters. The second-order valence-electron chi connectivity index (χ2n) is 14.7. The molecule has 4 amide bonds. The van der Waals surface area contributed by atoms with Gasteiger partial charge in [0.25, 0.3) is 0 Å². The van der Waals surface area contributed by atoms with E-state index in [0.29, 0.717) is 0 Å². The predicted octanol–water partition coefficient (Wildman–Crippen LogP) is 5.50. The first-order valence-electron chi connectivity index (χ1n) is 19.3. The Balaban J connectivity index is 0.000000177. The molecular weight excluding hydrogens is 729 g/mol. The first-order valence-corrected chi connectivity index (χ1v) is 19.3. The number of likely N-dealkylation sites (N-methyl/N-ethyl adjacent to an activating group) is 2. The maximum absolute atomic E-state index is 13.3. The monoisotopic (exact) mass is 774 g/mol. The van der Waals surface area contributed by atoms with E-state index in [1.165, 1.54) is 0 Å². The zero-order valence-corrected chi connectivity index (χ0v) is 32.7. The Bertz CT molecular complexity index is 2390. The van der Waals surface area contributed by atoms with Gasteiger partial charge in [-0.1, -0.05) is 108 Å². The largest absolute Gasteiger partial charge is 0.357 e. The van der Waals surface area contributed by atoms with Crippen molar-refractivity contribution < 1.29 is 19.2 Å². The molecule has 0 saturated heterocycles. The Labute approximate surface area is 337 Å². The van der Waals surface area contributed by atoms with Crippen molar-refractivity contribution in [3.05, 3.63) is 162 Å². The van der Waals surface area contributed by atoms with Crippen LogP contribution in [-0.2, 0) is 37.1 Å². The van der Waals surface area contributed by atoms with Crippen molar-refractivity contribution in [1.82, 2.24) is 41.2 Å². The van der Waals surface area contributed by atoms with Crippen LogP contribution in [0.1, 0.15) is 60.0 Å². The molecule has 0 bridgehead atoms. The van der Waals surface area contributed by atoms with E-state index in [1.54, 1.807) is 37.4 Å². The number of aromatic nitrogens is 4. The lowest BCUT2D eigenvalue weighted by atomic mass is 9.91. The topological polar surface area (TPSA) is 160 Å². The third-order valence-electron chi connectivity index (χ3n) is 11.1. The number of carbonyl (C=O) groups is 4. The molecule has 12 nitrogen and oxygen atoms in total. The summed E-state index contributed by atoms with van der Waals surface area (Å²) < 4.78 is 1.70. The minimum Gasteiger partial charge on any atom is -0.357 e. The van der Waals surface area contributed by atoms with Crippen LogP contribution in [-0.4, -0.2) is 57.7 Å². The van der Waals surface area contributed by atoms with Crippen molar-refractivity contribution >= 4 is 23.6 Å². The van der Waals surface area contributed by atoms with Crippen LogP contribution in [0.5, 0.6) is 0 Å². The molecule has 2 heterocycles. The maximum atomic E-state index is 13.3. The smallest absolute Gasteiger partial charge is 0.246 e. The van der Waals surface area contributed by atoms with E-state index < -0.39 is 22.9 Å². The van der Waals surface area contributed by atoms with Crippen molar-refractivity contribution in [2.75, 3.05) is 14.1 Å². The Morgan fingerprint density at radius 1 is 0.586 bits per heavy atom. The third-order valence-corrected chi connectivity index (χ3v) is 11.1. The van der Waals surface area contributed by atoms with Crippen LogP contribution >= 0.6 is 0 Å². The number of hydrogen-bond acceptors (Lipinski definition) is 7. The fraction of sp³-hybridized carbons (Fsp3) is 0.239. The lowest BCUT2D eigenvalue weighted by molar-refractivity contribution is -0.130. The minimum atomic E-state index is -0.726. The molecule has 58 heavy (non-hydrogen) atoms. The summed E-state index contributed by atoms with van der Waals surface area (Å²) in [6, 6.07) is 37.1. The Morgan fingerprint density at radius 3 is 1.48 bits per heavy atom. The highest BCUT2D eigenvalue weighted by Gasteiger charge is 2.53. The van der Waals surface area contributed by atoms with Gasteiger partial charge in [-0.25, -0.2) is 4.68 Å². The lowest BCUT2D eigenvalue weighted by Crippen LogP contribution is -2.43. The number of aryl methyl sites for hydroxylation is 1. The molecule has 2 aliphatic rings. The number of rotatable bonds is 12. The predicted molar refractivity (Wildman–Crippen MR) is 221 cm³/mol. The van der Waals surface area contributed by atoms with E-state index in [9.17, 15) is 19.2 Å². The summed E-state index contributed by atoms with van der Waals surface area (Å²) in [6.07, 6.45) is 8.27. The summed E-state index contributed by atoms with van der Waals surface area (Å²) in [5, 5.41) is 19.2. The number of amides is 4. The second kappa shape index (κ2) is 17.0. The van der Waals surface area contributed by atoms with E-state index in [2.05, 4.69) is 42.6 Å². The van der Waals surface area contributed by atoms with E-state index in [4.69, 9.17) is 0 Å². The zero-order valence-electron chi connectivity index (χ0n) is 32.7. The van der Waals surface area contributed by atoms with Gasteiger partial charge in [-0.15, -0.1) is 5.10 Å². The van der Waals surface area contributed by atoms with Crippen molar-refractivity contribution in [3.8, 4) is 22.4 Å². The minimum absolute atomic E-state index is 0.109. The van der Waals surface area contributed by atoms with E-state index in [1.807, 2.05) is 122 Å². The van der Waals surface area contributed by atoms with Crippen molar-refractivity contribution in [2.24, 2.45) is 7.05 Å². The highest BCUT2D eigenvalue weighted by Crippen LogP contribution is 2.50. The average molecular weight is 775 g/mol. The van der Waals surface area contributed by atoms with Gasteiger partial charge < -0.3 is 21.3 Å². The molecule has 0 spiro atoms. The molecule has 2 unspecified atom stereocenters. The first kappa shape index (κ1) is 39.3. The van der Waals surface area contributed by atoms with Gasteiger partial charge in [0.15, 0.2) is 0 Å². The molecule has 2 saturated carbocycles. The molecule has 2 aromatic heterocycles.